The van der Waals surface area contributed by atoms with Crippen LogP contribution in [-0.4, -0.2) is 47.3 Å². The van der Waals surface area contributed by atoms with E-state index >= 15 is 0 Å². The van der Waals surface area contributed by atoms with Gasteiger partial charge in [-0.15, -0.1) is 0 Å². The Bertz CT molecular complexity index is 1120. The van der Waals surface area contributed by atoms with Crippen LogP contribution in [0.2, 0.25) is 0 Å². The molecule has 0 spiro atoms. The highest BCUT2D eigenvalue weighted by atomic mass is 19.1. The molecule has 2 rings (SSSR count). The van der Waals surface area contributed by atoms with Gasteiger partial charge in [-0.3, -0.25) is 29.3 Å². The van der Waals surface area contributed by atoms with Gasteiger partial charge >= 0.3 is 5.97 Å². The quantitative estimate of drug-likeness (QED) is 0.224. The number of rotatable bonds is 12. The van der Waals surface area contributed by atoms with Crippen LogP contribution >= 0.6 is 0 Å². The number of nitro benzene ring substituents is 1. The third-order valence-electron chi connectivity index (χ3n) is 5.25. The lowest BCUT2D eigenvalue weighted by Crippen LogP contribution is -2.55. The van der Waals surface area contributed by atoms with Gasteiger partial charge in [0.05, 0.1) is 18.0 Å². The summed E-state index contributed by atoms with van der Waals surface area (Å²) >= 11 is 0. The number of hydrogen-bond acceptors (Lipinski definition) is 7. The molecular weight excluding hydrogens is 475 g/mol. The van der Waals surface area contributed by atoms with Crippen LogP contribution in [0.5, 0.6) is 0 Å². The summed E-state index contributed by atoms with van der Waals surface area (Å²) in [4.78, 5) is 60.0. The van der Waals surface area contributed by atoms with Crippen LogP contribution < -0.4 is 16.4 Å². The Kier molecular flexibility index (Phi) is 10.0. The topological polar surface area (TPSA) is 171 Å². The number of hydrogen-bond donors (Lipinski definition) is 3. The molecule has 2 aromatic rings. The first-order valence-electron chi connectivity index (χ1n) is 11.0. The molecule has 0 radical (unpaired) electrons. The Labute approximate surface area is 206 Å². The average Bonchev–Trinajstić information content (AvgIpc) is 2.80. The highest BCUT2D eigenvalue weighted by molar-refractivity contribution is 5.92. The molecule has 3 atom stereocenters. The fourth-order valence-electron chi connectivity index (χ4n) is 3.65. The first-order valence-corrected chi connectivity index (χ1v) is 11.0. The summed E-state index contributed by atoms with van der Waals surface area (Å²) in [6.07, 6.45) is -0.455. The Morgan fingerprint density at radius 1 is 1.11 bits per heavy atom. The SMILES string of the molecule is CCOC(=O)C[C@@H](c1ccc([N+](=O)[O-])cc1)[C@H](NC(=O)[C@@H](Cc1cccc(F)c1)NC(C)=O)C(N)=O. The molecule has 0 saturated heterocycles. The molecule has 36 heavy (non-hydrogen) atoms. The molecule has 2 aromatic carbocycles. The molecule has 0 saturated carbocycles. The third-order valence-corrected chi connectivity index (χ3v) is 5.25. The number of nitrogens with zero attached hydrogens (tertiary/aromatic N) is 1. The molecular formula is C24H27FN4O7. The monoisotopic (exact) mass is 502 g/mol. The summed E-state index contributed by atoms with van der Waals surface area (Å²) in [5, 5.41) is 15.9. The summed E-state index contributed by atoms with van der Waals surface area (Å²) in [5.74, 6) is -4.56. The number of ether oxygens (including phenoxy) is 1. The van der Waals surface area contributed by atoms with Crippen LogP contribution in [0, 0.1) is 15.9 Å². The van der Waals surface area contributed by atoms with E-state index in [4.69, 9.17) is 10.5 Å². The van der Waals surface area contributed by atoms with Crippen molar-refractivity contribution in [1.29, 1.82) is 0 Å². The minimum Gasteiger partial charge on any atom is -0.466 e. The Morgan fingerprint density at radius 3 is 2.31 bits per heavy atom. The van der Waals surface area contributed by atoms with Crippen molar-refractivity contribution in [3.05, 3.63) is 75.6 Å². The van der Waals surface area contributed by atoms with Crippen molar-refractivity contribution in [2.45, 2.75) is 44.7 Å². The standard InChI is InChI=1S/C24H27FN4O7/c1-3-36-21(31)13-19(16-7-9-18(10-8-16)29(34)35)22(23(26)32)28-24(33)20(27-14(2)30)12-15-5-4-6-17(25)11-15/h4-11,19-20,22H,3,12-13H2,1-2H3,(H2,26,32)(H,27,30)(H,28,33)/t19-,20+,22-/m0/s1. The highest BCUT2D eigenvalue weighted by Crippen LogP contribution is 2.27. The van der Waals surface area contributed by atoms with Crippen molar-refractivity contribution in [2.24, 2.45) is 5.73 Å². The third kappa shape index (κ3) is 8.15. The maximum Gasteiger partial charge on any atom is 0.306 e. The number of nitrogens with one attached hydrogen (secondary N) is 2. The number of non-ortho nitro benzene ring substituents is 1. The molecule has 192 valence electrons. The number of halogens is 1. The summed E-state index contributed by atoms with van der Waals surface area (Å²) in [6, 6.07) is 7.90. The maximum atomic E-state index is 13.6. The molecule has 0 bridgehead atoms. The molecule has 12 heteroatoms. The van der Waals surface area contributed by atoms with Crippen LogP contribution in [0.1, 0.15) is 37.3 Å². The minimum absolute atomic E-state index is 0.0671. The first-order chi connectivity index (χ1) is 17.0. The highest BCUT2D eigenvalue weighted by Gasteiger charge is 2.34. The largest absolute Gasteiger partial charge is 0.466 e. The average molecular weight is 502 g/mol. The smallest absolute Gasteiger partial charge is 0.306 e. The number of primary amides is 1. The van der Waals surface area contributed by atoms with Gasteiger partial charge in [-0.1, -0.05) is 24.3 Å². The fraction of sp³-hybridized carbons (Fsp3) is 0.333. The molecule has 11 nitrogen and oxygen atoms in total. The Morgan fingerprint density at radius 2 is 1.78 bits per heavy atom. The van der Waals surface area contributed by atoms with E-state index in [1.54, 1.807) is 13.0 Å². The van der Waals surface area contributed by atoms with Gasteiger partial charge in [-0.2, -0.15) is 0 Å². The molecule has 3 amide bonds. The lowest BCUT2D eigenvalue weighted by Gasteiger charge is -2.27. The van der Waals surface area contributed by atoms with E-state index < -0.39 is 52.4 Å². The number of carbonyl (C=O) groups excluding carboxylic acids is 4. The van der Waals surface area contributed by atoms with Gasteiger partial charge < -0.3 is 21.1 Å². The van der Waals surface area contributed by atoms with E-state index in [1.165, 1.54) is 49.4 Å². The molecule has 0 aliphatic rings. The van der Waals surface area contributed by atoms with Gasteiger partial charge in [0.15, 0.2) is 0 Å². The Hall–Kier alpha value is -4.35. The van der Waals surface area contributed by atoms with Gasteiger partial charge in [0, 0.05) is 31.4 Å². The second kappa shape index (κ2) is 12.9. The number of esters is 1. The number of nitrogens with two attached hydrogens (primary N) is 1. The second-order valence-corrected chi connectivity index (χ2v) is 7.94. The predicted molar refractivity (Wildman–Crippen MR) is 126 cm³/mol. The van der Waals surface area contributed by atoms with Crippen molar-refractivity contribution >= 4 is 29.4 Å². The van der Waals surface area contributed by atoms with E-state index in [-0.39, 0.29) is 25.1 Å². The number of carbonyl (C=O) groups is 4. The number of nitro groups is 1. The minimum atomic E-state index is -1.44. The second-order valence-electron chi connectivity index (χ2n) is 7.94. The normalized spacial score (nSPS) is 13.1. The number of amides is 3. The van der Waals surface area contributed by atoms with E-state index in [1.807, 2.05) is 0 Å². The number of benzene rings is 2. The van der Waals surface area contributed by atoms with Gasteiger partial charge in [0.2, 0.25) is 17.7 Å². The molecule has 0 aromatic heterocycles. The van der Waals surface area contributed by atoms with Gasteiger partial charge in [0.1, 0.15) is 17.9 Å². The van der Waals surface area contributed by atoms with Crippen molar-refractivity contribution in [3.63, 3.8) is 0 Å². The molecule has 4 N–H and O–H groups in total. The molecule has 0 aliphatic carbocycles. The van der Waals surface area contributed by atoms with Crippen molar-refractivity contribution in [2.75, 3.05) is 6.61 Å². The van der Waals surface area contributed by atoms with Crippen molar-refractivity contribution in [3.8, 4) is 0 Å². The van der Waals surface area contributed by atoms with Gasteiger partial charge in [-0.25, -0.2) is 4.39 Å². The molecule has 0 fully saturated rings. The predicted octanol–water partition coefficient (Wildman–Crippen LogP) is 1.49. The molecule has 0 unspecified atom stereocenters. The van der Waals surface area contributed by atoms with E-state index in [2.05, 4.69) is 10.6 Å². The van der Waals surface area contributed by atoms with Crippen LogP contribution in [0.25, 0.3) is 0 Å². The summed E-state index contributed by atoms with van der Waals surface area (Å²) < 4.78 is 18.6. The summed E-state index contributed by atoms with van der Waals surface area (Å²) in [6.45, 7) is 2.85. The lowest BCUT2D eigenvalue weighted by atomic mass is 9.87. The van der Waals surface area contributed by atoms with E-state index in [0.717, 1.165) is 0 Å². The van der Waals surface area contributed by atoms with Crippen molar-refractivity contribution < 1.29 is 33.2 Å². The maximum absolute atomic E-state index is 13.6. The summed E-state index contributed by atoms with van der Waals surface area (Å²) in [7, 11) is 0. The van der Waals surface area contributed by atoms with Crippen LogP contribution in [0.15, 0.2) is 48.5 Å². The first kappa shape index (κ1) is 27.9. The zero-order valence-electron chi connectivity index (χ0n) is 19.7. The van der Waals surface area contributed by atoms with E-state index in [9.17, 15) is 33.7 Å². The Balaban J connectivity index is 2.38. The van der Waals surface area contributed by atoms with Gasteiger partial charge in [-0.05, 0) is 30.2 Å². The van der Waals surface area contributed by atoms with Crippen LogP contribution in [-0.2, 0) is 30.3 Å². The molecule has 0 aliphatic heterocycles. The summed E-state index contributed by atoms with van der Waals surface area (Å²) in [5.41, 5.74) is 6.09. The fourth-order valence-corrected chi connectivity index (χ4v) is 3.65. The van der Waals surface area contributed by atoms with Crippen LogP contribution in [0.4, 0.5) is 10.1 Å². The zero-order valence-corrected chi connectivity index (χ0v) is 19.7. The van der Waals surface area contributed by atoms with E-state index in [0.29, 0.717) is 11.1 Å². The zero-order chi connectivity index (χ0) is 26.8. The lowest BCUT2D eigenvalue weighted by molar-refractivity contribution is -0.384. The van der Waals surface area contributed by atoms with Crippen molar-refractivity contribution in [1.82, 2.24) is 10.6 Å². The van der Waals surface area contributed by atoms with Crippen LogP contribution in [0.3, 0.4) is 0 Å². The molecule has 0 heterocycles. The van der Waals surface area contributed by atoms with Gasteiger partial charge in [0.25, 0.3) is 5.69 Å².